The number of rotatable bonds is 5. The highest BCUT2D eigenvalue weighted by atomic mass is 16.5. The van der Waals surface area contributed by atoms with Gasteiger partial charge in [-0.15, -0.1) is 0 Å². The van der Waals surface area contributed by atoms with E-state index < -0.39 is 0 Å². The highest BCUT2D eigenvalue weighted by Crippen LogP contribution is 2.08. The molecular formula is C13H22N2O. The molecule has 3 heteroatoms. The first-order valence-corrected chi connectivity index (χ1v) is 5.78. The van der Waals surface area contributed by atoms with Crippen LogP contribution >= 0.6 is 0 Å². The molecule has 1 aromatic rings. The van der Waals surface area contributed by atoms with Crippen molar-refractivity contribution >= 4 is 0 Å². The molecule has 90 valence electrons. The minimum Gasteiger partial charge on any atom is -0.492 e. The van der Waals surface area contributed by atoms with Crippen LogP contribution in [0.3, 0.4) is 0 Å². The summed E-state index contributed by atoms with van der Waals surface area (Å²) >= 11 is 0. The second kappa shape index (κ2) is 5.85. The summed E-state index contributed by atoms with van der Waals surface area (Å²) in [5.41, 5.74) is 1.20. The molecule has 0 aliphatic carbocycles. The van der Waals surface area contributed by atoms with E-state index in [1.165, 1.54) is 0 Å². The number of hydrogen-bond donors (Lipinski definition) is 1. The summed E-state index contributed by atoms with van der Waals surface area (Å²) in [7, 11) is 0. The topological polar surface area (TPSA) is 34.1 Å². The molecule has 0 fully saturated rings. The smallest absolute Gasteiger partial charge is 0.137 e. The van der Waals surface area contributed by atoms with E-state index in [0.29, 0.717) is 0 Å². The van der Waals surface area contributed by atoms with E-state index >= 15 is 0 Å². The number of hydrogen-bond acceptors (Lipinski definition) is 3. The number of aromatic nitrogens is 1. The lowest BCUT2D eigenvalue weighted by atomic mass is 10.1. The van der Waals surface area contributed by atoms with Gasteiger partial charge in [-0.3, -0.25) is 4.98 Å². The Morgan fingerprint density at radius 2 is 2.06 bits per heavy atom. The Balaban J connectivity index is 2.14. The molecule has 0 atom stereocenters. The van der Waals surface area contributed by atoms with Crippen molar-refractivity contribution in [3.05, 3.63) is 24.0 Å². The van der Waals surface area contributed by atoms with Crippen LogP contribution in [0.4, 0.5) is 0 Å². The first-order chi connectivity index (χ1) is 7.47. The van der Waals surface area contributed by atoms with E-state index in [1.807, 2.05) is 19.1 Å². The molecule has 0 aromatic carbocycles. The van der Waals surface area contributed by atoms with Gasteiger partial charge in [-0.05, 0) is 52.8 Å². The highest BCUT2D eigenvalue weighted by Gasteiger charge is 2.06. The maximum Gasteiger partial charge on any atom is 0.137 e. The van der Waals surface area contributed by atoms with Gasteiger partial charge in [0.25, 0.3) is 0 Å². The second-order valence-corrected chi connectivity index (χ2v) is 5.01. The van der Waals surface area contributed by atoms with Crippen molar-refractivity contribution in [3.8, 4) is 5.75 Å². The van der Waals surface area contributed by atoms with Gasteiger partial charge < -0.3 is 10.1 Å². The summed E-state index contributed by atoms with van der Waals surface area (Å²) in [4.78, 5) is 4.18. The molecule has 0 spiro atoms. The van der Waals surface area contributed by atoms with Gasteiger partial charge in [0.15, 0.2) is 0 Å². The van der Waals surface area contributed by atoms with Crippen LogP contribution in [0.1, 0.15) is 32.9 Å². The molecule has 1 N–H and O–H groups in total. The maximum atomic E-state index is 5.57. The van der Waals surface area contributed by atoms with Crippen LogP contribution in [0, 0.1) is 6.92 Å². The van der Waals surface area contributed by atoms with Crippen LogP contribution < -0.4 is 10.1 Å². The van der Waals surface area contributed by atoms with Gasteiger partial charge in [-0.2, -0.15) is 0 Å². The molecule has 3 nitrogen and oxygen atoms in total. The average molecular weight is 222 g/mol. The summed E-state index contributed by atoms with van der Waals surface area (Å²) in [6, 6.07) is 3.92. The lowest BCUT2D eigenvalue weighted by Gasteiger charge is -2.20. The molecule has 0 aliphatic heterocycles. The van der Waals surface area contributed by atoms with E-state index in [2.05, 4.69) is 31.1 Å². The quantitative estimate of drug-likeness (QED) is 0.777. The largest absolute Gasteiger partial charge is 0.492 e. The van der Waals surface area contributed by atoms with E-state index in [1.54, 1.807) is 6.20 Å². The van der Waals surface area contributed by atoms with Gasteiger partial charge in [0, 0.05) is 11.2 Å². The summed E-state index contributed by atoms with van der Waals surface area (Å²) in [6.45, 7) is 10.2. The van der Waals surface area contributed by atoms with Gasteiger partial charge in [-0.25, -0.2) is 0 Å². The average Bonchev–Trinajstić information content (AvgIpc) is 2.19. The number of aryl methyl sites for hydroxylation is 1. The van der Waals surface area contributed by atoms with Crippen molar-refractivity contribution in [1.29, 1.82) is 0 Å². The zero-order chi connectivity index (χ0) is 12.0. The Hall–Kier alpha value is -1.09. The van der Waals surface area contributed by atoms with Crippen LogP contribution in [0.25, 0.3) is 0 Å². The number of nitrogens with one attached hydrogen (secondary N) is 1. The lowest BCUT2D eigenvalue weighted by molar-refractivity contribution is 0.297. The van der Waals surface area contributed by atoms with E-state index in [0.717, 1.165) is 31.0 Å². The molecule has 16 heavy (non-hydrogen) atoms. The van der Waals surface area contributed by atoms with Crippen molar-refractivity contribution in [3.63, 3.8) is 0 Å². The highest BCUT2D eigenvalue weighted by molar-refractivity contribution is 5.18. The Bertz CT molecular complexity index is 301. The van der Waals surface area contributed by atoms with E-state index in [4.69, 9.17) is 4.74 Å². The predicted molar refractivity (Wildman–Crippen MR) is 66.8 cm³/mol. The molecule has 0 saturated carbocycles. The first-order valence-electron chi connectivity index (χ1n) is 5.78. The van der Waals surface area contributed by atoms with E-state index in [9.17, 15) is 0 Å². The Labute approximate surface area is 98.2 Å². The molecule has 0 unspecified atom stereocenters. The Morgan fingerprint density at radius 1 is 1.31 bits per heavy atom. The molecule has 0 amide bonds. The van der Waals surface area contributed by atoms with Crippen molar-refractivity contribution in [1.82, 2.24) is 10.3 Å². The fraction of sp³-hybridized carbons (Fsp3) is 0.615. The van der Waals surface area contributed by atoms with Crippen molar-refractivity contribution in [2.45, 2.75) is 39.7 Å². The third kappa shape index (κ3) is 5.71. The predicted octanol–water partition coefficient (Wildman–Crippen LogP) is 2.55. The second-order valence-electron chi connectivity index (χ2n) is 5.01. The molecular weight excluding hydrogens is 200 g/mol. The molecule has 0 bridgehead atoms. The van der Waals surface area contributed by atoms with Crippen LogP contribution in [-0.2, 0) is 0 Å². The minimum atomic E-state index is 0.186. The number of ether oxygens (including phenoxy) is 1. The third-order valence-corrected chi connectivity index (χ3v) is 2.13. The van der Waals surface area contributed by atoms with E-state index in [-0.39, 0.29) is 5.54 Å². The summed E-state index contributed by atoms with van der Waals surface area (Å²) in [6.07, 6.45) is 2.78. The van der Waals surface area contributed by atoms with Gasteiger partial charge >= 0.3 is 0 Å². The van der Waals surface area contributed by atoms with Crippen LogP contribution in [0.2, 0.25) is 0 Å². The molecule has 1 rings (SSSR count). The zero-order valence-corrected chi connectivity index (χ0v) is 10.7. The van der Waals surface area contributed by atoms with Crippen molar-refractivity contribution < 1.29 is 4.74 Å². The van der Waals surface area contributed by atoms with Crippen molar-refractivity contribution in [2.75, 3.05) is 13.2 Å². The Kier molecular flexibility index (Phi) is 4.74. The minimum absolute atomic E-state index is 0.186. The summed E-state index contributed by atoms with van der Waals surface area (Å²) in [5.74, 6) is 0.848. The van der Waals surface area contributed by atoms with Crippen LogP contribution in [-0.4, -0.2) is 23.7 Å². The van der Waals surface area contributed by atoms with Gasteiger partial charge in [0.1, 0.15) is 5.75 Å². The molecule has 0 aliphatic rings. The van der Waals surface area contributed by atoms with Gasteiger partial charge in [0.2, 0.25) is 0 Å². The summed E-state index contributed by atoms with van der Waals surface area (Å²) in [5, 5.41) is 3.42. The Morgan fingerprint density at radius 3 is 2.62 bits per heavy atom. The molecule has 1 aromatic heterocycles. The third-order valence-electron chi connectivity index (χ3n) is 2.13. The fourth-order valence-corrected chi connectivity index (χ4v) is 1.27. The van der Waals surface area contributed by atoms with Crippen molar-refractivity contribution in [2.24, 2.45) is 0 Å². The molecule has 1 heterocycles. The van der Waals surface area contributed by atoms with Gasteiger partial charge in [-0.1, -0.05) is 0 Å². The molecule has 0 saturated heterocycles. The van der Waals surface area contributed by atoms with Crippen LogP contribution in [0.5, 0.6) is 5.75 Å². The monoisotopic (exact) mass is 222 g/mol. The SMILES string of the molecule is Cc1ccc(OCCCNC(C)(C)C)cn1. The van der Waals surface area contributed by atoms with Crippen LogP contribution in [0.15, 0.2) is 18.3 Å². The standard InChI is InChI=1S/C13H22N2O/c1-11-6-7-12(10-14-11)16-9-5-8-15-13(2,3)4/h6-7,10,15H,5,8-9H2,1-4H3. The maximum absolute atomic E-state index is 5.57. The van der Waals surface area contributed by atoms with Gasteiger partial charge in [0.05, 0.1) is 12.8 Å². The fourth-order valence-electron chi connectivity index (χ4n) is 1.27. The first kappa shape index (κ1) is 13.0. The number of pyridine rings is 1. The normalized spacial score (nSPS) is 11.5. The lowest BCUT2D eigenvalue weighted by Crippen LogP contribution is -2.36. The zero-order valence-electron chi connectivity index (χ0n) is 10.7. The number of nitrogens with zero attached hydrogens (tertiary/aromatic N) is 1. The molecule has 0 radical (unpaired) electrons. The summed E-state index contributed by atoms with van der Waals surface area (Å²) < 4.78 is 5.57.